The van der Waals surface area contributed by atoms with Crippen LogP contribution in [0.25, 0.3) is 0 Å². The molecule has 0 saturated carbocycles. The number of rotatable bonds is 4. The van der Waals surface area contributed by atoms with Crippen LogP contribution in [0, 0.1) is 10.1 Å². The fourth-order valence-corrected chi connectivity index (χ4v) is 2.29. The second-order valence-electron chi connectivity index (χ2n) is 4.00. The van der Waals surface area contributed by atoms with Crippen LogP contribution in [0.15, 0.2) is 33.6 Å². The van der Waals surface area contributed by atoms with Crippen molar-refractivity contribution >= 4 is 21.6 Å². The van der Waals surface area contributed by atoms with Gasteiger partial charge in [0.1, 0.15) is 0 Å². The molecule has 8 heteroatoms. The first-order chi connectivity index (χ1) is 8.72. The number of nitro groups is 1. The zero-order valence-corrected chi connectivity index (χ0v) is 11.5. The van der Waals surface area contributed by atoms with E-state index in [0.29, 0.717) is 0 Å². The summed E-state index contributed by atoms with van der Waals surface area (Å²) in [5.74, 6) is 0.0216. The average molecular weight is 286 g/mol. The molecular weight excluding hydrogens is 272 g/mol. The number of hydrogen-bond acceptors (Lipinski definition) is 5. The monoisotopic (exact) mass is 286 g/mol. The summed E-state index contributed by atoms with van der Waals surface area (Å²) in [6.45, 7) is 4.93. The minimum Gasteiger partial charge on any atom is -0.478 e. The summed E-state index contributed by atoms with van der Waals surface area (Å²) in [7, 11) is -3.91. The number of nitrogens with zero attached hydrogens (tertiary/aromatic N) is 2. The number of non-ortho nitro benzene ring substituents is 1. The van der Waals surface area contributed by atoms with Crippen molar-refractivity contribution in [3.8, 4) is 0 Å². The van der Waals surface area contributed by atoms with Crippen LogP contribution >= 0.6 is 0 Å². The third-order valence-electron chi connectivity index (χ3n) is 2.00. The number of sulfonamides is 1. The maximum atomic E-state index is 11.9. The van der Waals surface area contributed by atoms with E-state index in [9.17, 15) is 18.5 Å². The molecule has 0 unspecified atom stereocenters. The van der Waals surface area contributed by atoms with Crippen molar-refractivity contribution in [2.45, 2.75) is 31.8 Å². The zero-order chi connectivity index (χ0) is 14.6. The van der Waals surface area contributed by atoms with Gasteiger partial charge in [-0.3, -0.25) is 10.1 Å². The molecule has 0 bridgehead atoms. The first-order valence-corrected chi connectivity index (χ1v) is 6.89. The summed E-state index contributed by atoms with van der Waals surface area (Å²) in [5, 5.41) is 10.5. The van der Waals surface area contributed by atoms with Crippen molar-refractivity contribution in [2.75, 3.05) is 0 Å². The fraction of sp³-hybridized carbons (Fsp3) is 0.364. The number of benzene rings is 1. The smallest absolute Gasteiger partial charge is 0.285 e. The molecule has 0 aliphatic heterocycles. The Morgan fingerprint density at radius 2 is 1.84 bits per heavy atom. The lowest BCUT2D eigenvalue weighted by molar-refractivity contribution is -0.384. The zero-order valence-electron chi connectivity index (χ0n) is 10.7. The highest BCUT2D eigenvalue weighted by Crippen LogP contribution is 2.17. The quantitative estimate of drug-likeness (QED) is 0.365. The van der Waals surface area contributed by atoms with Crippen molar-refractivity contribution < 1.29 is 18.1 Å². The van der Waals surface area contributed by atoms with Gasteiger partial charge in [0, 0.05) is 19.1 Å². The Hall–Kier alpha value is -1.96. The van der Waals surface area contributed by atoms with Crippen LogP contribution in [-0.4, -0.2) is 25.3 Å². The van der Waals surface area contributed by atoms with Gasteiger partial charge in [-0.2, -0.15) is 8.42 Å². The molecule has 0 heterocycles. The highest BCUT2D eigenvalue weighted by molar-refractivity contribution is 7.90. The largest absolute Gasteiger partial charge is 0.478 e. The van der Waals surface area contributed by atoms with Gasteiger partial charge in [0.15, 0.2) is 5.90 Å². The van der Waals surface area contributed by atoms with Crippen LogP contribution in [0.1, 0.15) is 20.8 Å². The summed E-state index contributed by atoms with van der Waals surface area (Å²) in [4.78, 5) is 9.74. The SMILES string of the molecule is CC(=NS(=O)(=O)c1ccc([N+](=O)[O-])cc1)OC(C)C. The number of nitro benzene ring substituents is 1. The summed E-state index contributed by atoms with van der Waals surface area (Å²) >= 11 is 0. The summed E-state index contributed by atoms with van der Waals surface area (Å²) in [6, 6.07) is 4.50. The fourth-order valence-electron chi connectivity index (χ4n) is 1.32. The Morgan fingerprint density at radius 3 is 2.26 bits per heavy atom. The normalized spacial score (nSPS) is 12.5. The second-order valence-corrected chi connectivity index (χ2v) is 5.61. The molecule has 1 aromatic carbocycles. The molecule has 0 spiro atoms. The molecule has 0 N–H and O–H groups in total. The Bertz CT molecular complexity index is 590. The third kappa shape index (κ3) is 4.32. The molecule has 7 nitrogen and oxygen atoms in total. The van der Waals surface area contributed by atoms with Crippen LogP contribution in [0.2, 0.25) is 0 Å². The van der Waals surface area contributed by atoms with Crippen molar-refractivity contribution in [3.63, 3.8) is 0 Å². The summed E-state index contributed by atoms with van der Waals surface area (Å²) < 4.78 is 32.4. The highest BCUT2D eigenvalue weighted by Gasteiger charge is 2.15. The predicted octanol–water partition coefficient (Wildman–Crippen LogP) is 2.13. The van der Waals surface area contributed by atoms with E-state index in [4.69, 9.17) is 4.74 Å². The Labute approximate surface area is 111 Å². The molecule has 0 aliphatic carbocycles. The minimum absolute atomic E-state index is 0.0216. The molecule has 0 amide bonds. The maximum Gasteiger partial charge on any atom is 0.285 e. The molecule has 104 valence electrons. The Balaban J connectivity index is 3.04. The molecule has 0 atom stereocenters. The average Bonchev–Trinajstić information content (AvgIpc) is 2.27. The lowest BCUT2D eigenvalue weighted by atomic mass is 10.3. The highest BCUT2D eigenvalue weighted by atomic mass is 32.2. The standard InChI is InChI=1S/C11H14N2O5S/c1-8(2)18-9(3)12-19(16,17)11-6-4-10(5-7-11)13(14)15/h4-8H,1-3H3. The van der Waals surface area contributed by atoms with Gasteiger partial charge in [-0.25, -0.2) is 0 Å². The van der Waals surface area contributed by atoms with Crippen LogP contribution < -0.4 is 0 Å². The van der Waals surface area contributed by atoms with E-state index >= 15 is 0 Å². The first kappa shape index (κ1) is 15.1. The number of hydrogen-bond donors (Lipinski definition) is 0. The lowest BCUT2D eigenvalue weighted by Gasteiger charge is -2.08. The van der Waals surface area contributed by atoms with Crippen LogP contribution in [-0.2, 0) is 14.8 Å². The molecule has 19 heavy (non-hydrogen) atoms. The first-order valence-electron chi connectivity index (χ1n) is 5.45. The molecule has 0 radical (unpaired) electrons. The second kappa shape index (κ2) is 5.79. The van der Waals surface area contributed by atoms with E-state index in [1.165, 1.54) is 6.92 Å². The van der Waals surface area contributed by atoms with Gasteiger partial charge >= 0.3 is 0 Å². The van der Waals surface area contributed by atoms with Crippen LogP contribution in [0.5, 0.6) is 0 Å². The van der Waals surface area contributed by atoms with Gasteiger partial charge in [-0.1, -0.05) is 0 Å². The van der Waals surface area contributed by atoms with Crippen molar-refractivity contribution in [3.05, 3.63) is 34.4 Å². The van der Waals surface area contributed by atoms with E-state index < -0.39 is 14.9 Å². The van der Waals surface area contributed by atoms with E-state index in [1.807, 2.05) is 0 Å². The molecule has 0 saturated heterocycles. The van der Waals surface area contributed by atoms with E-state index in [0.717, 1.165) is 24.3 Å². The Morgan fingerprint density at radius 1 is 1.32 bits per heavy atom. The molecule has 1 aromatic rings. The van der Waals surface area contributed by atoms with Gasteiger partial charge in [0.2, 0.25) is 0 Å². The Kier molecular flexibility index (Phi) is 4.60. The van der Waals surface area contributed by atoms with Gasteiger partial charge in [-0.15, -0.1) is 4.40 Å². The van der Waals surface area contributed by atoms with Crippen molar-refractivity contribution in [1.82, 2.24) is 0 Å². The van der Waals surface area contributed by atoms with Crippen molar-refractivity contribution in [1.29, 1.82) is 0 Å². The molecule has 0 aliphatic rings. The van der Waals surface area contributed by atoms with E-state index in [2.05, 4.69) is 4.40 Å². The molecule has 0 fully saturated rings. The molecule has 1 rings (SSSR count). The van der Waals surface area contributed by atoms with Crippen LogP contribution in [0.3, 0.4) is 0 Å². The summed E-state index contributed by atoms with van der Waals surface area (Å²) in [6.07, 6.45) is -0.184. The van der Waals surface area contributed by atoms with E-state index in [-0.39, 0.29) is 22.6 Å². The maximum absolute atomic E-state index is 11.9. The van der Waals surface area contributed by atoms with Gasteiger partial charge in [0.05, 0.1) is 15.9 Å². The number of ether oxygens (including phenoxy) is 1. The van der Waals surface area contributed by atoms with Gasteiger partial charge < -0.3 is 4.74 Å². The topological polar surface area (TPSA) is 98.9 Å². The van der Waals surface area contributed by atoms with Crippen LogP contribution in [0.4, 0.5) is 5.69 Å². The minimum atomic E-state index is -3.91. The predicted molar refractivity (Wildman–Crippen MR) is 69.6 cm³/mol. The van der Waals surface area contributed by atoms with Gasteiger partial charge in [-0.05, 0) is 26.0 Å². The lowest BCUT2D eigenvalue weighted by Crippen LogP contribution is -2.10. The third-order valence-corrected chi connectivity index (χ3v) is 3.37. The van der Waals surface area contributed by atoms with Crippen molar-refractivity contribution in [2.24, 2.45) is 4.40 Å². The van der Waals surface area contributed by atoms with Gasteiger partial charge in [0.25, 0.3) is 15.7 Å². The molecule has 0 aromatic heterocycles. The summed E-state index contributed by atoms with van der Waals surface area (Å²) in [5.41, 5.74) is -0.182. The van der Waals surface area contributed by atoms with E-state index in [1.54, 1.807) is 13.8 Å². The molecular formula is C11H14N2O5S.